The van der Waals surface area contributed by atoms with Gasteiger partial charge < -0.3 is 20.3 Å². The summed E-state index contributed by atoms with van der Waals surface area (Å²) in [6.07, 6.45) is -6.88. The minimum atomic E-state index is -4.99. The molecule has 3 atom stereocenters. The first-order valence-electron chi connectivity index (χ1n) is 11.4. The van der Waals surface area contributed by atoms with E-state index in [-0.39, 0.29) is 24.6 Å². The number of quaternary nitrogens is 1. The molecule has 0 bridgehead atoms. The Labute approximate surface area is 214 Å². The van der Waals surface area contributed by atoms with Gasteiger partial charge in [0.2, 0.25) is 0 Å². The molecule has 0 saturated heterocycles. The standard InChI is InChI=1S/C25H25F6N3O2S/c1-14-5-3-4-6-18(14)21-11-22(37-2)36-23-19(12-32-13-33-23)20(34(21)35)9-15-7-16(24(26,27)28)10-17(8-15)25(29,30)31/h3-8,10-11,20,22,32-34H,9,12-13H2,1-2H3/b21-11-. The van der Waals surface area contributed by atoms with Crippen LogP contribution >= 0.6 is 11.8 Å². The number of benzene rings is 2. The van der Waals surface area contributed by atoms with Gasteiger partial charge in [0.1, 0.15) is 11.7 Å². The summed E-state index contributed by atoms with van der Waals surface area (Å²) < 4.78 is 87.1. The van der Waals surface area contributed by atoms with Crippen molar-refractivity contribution in [1.29, 1.82) is 0 Å². The van der Waals surface area contributed by atoms with Gasteiger partial charge in [-0.05, 0) is 48.6 Å². The molecule has 4 rings (SSSR count). The first-order chi connectivity index (χ1) is 17.4. The molecule has 0 amide bonds. The van der Waals surface area contributed by atoms with Crippen molar-refractivity contribution in [3.05, 3.63) is 93.0 Å². The Morgan fingerprint density at radius 2 is 1.70 bits per heavy atom. The van der Waals surface area contributed by atoms with Crippen molar-refractivity contribution in [3.8, 4) is 0 Å². The third kappa shape index (κ3) is 6.08. The molecule has 37 heavy (non-hydrogen) atoms. The second-order valence-corrected chi connectivity index (χ2v) is 9.72. The second-order valence-electron chi connectivity index (χ2n) is 8.79. The number of alkyl halides is 6. The van der Waals surface area contributed by atoms with E-state index in [0.29, 0.717) is 41.5 Å². The summed E-state index contributed by atoms with van der Waals surface area (Å²) in [7, 11) is 0. The van der Waals surface area contributed by atoms with Gasteiger partial charge in [0.25, 0.3) is 0 Å². The highest BCUT2D eigenvalue weighted by Crippen LogP contribution is 2.37. The lowest BCUT2D eigenvalue weighted by molar-refractivity contribution is -0.793. The predicted molar refractivity (Wildman–Crippen MR) is 129 cm³/mol. The molecule has 200 valence electrons. The average Bonchev–Trinajstić information content (AvgIpc) is 2.83. The Morgan fingerprint density at radius 1 is 1.05 bits per heavy atom. The van der Waals surface area contributed by atoms with Gasteiger partial charge in [-0.2, -0.15) is 26.3 Å². The minimum absolute atomic E-state index is 0.0860. The van der Waals surface area contributed by atoms with E-state index in [2.05, 4.69) is 10.6 Å². The van der Waals surface area contributed by atoms with Gasteiger partial charge in [-0.3, -0.25) is 5.32 Å². The van der Waals surface area contributed by atoms with Crippen molar-refractivity contribution in [2.24, 2.45) is 0 Å². The molecule has 0 aromatic heterocycles. The van der Waals surface area contributed by atoms with Crippen LogP contribution in [0.5, 0.6) is 0 Å². The van der Waals surface area contributed by atoms with Crippen LogP contribution < -0.4 is 15.7 Å². The van der Waals surface area contributed by atoms with Gasteiger partial charge in [0.05, 0.1) is 23.4 Å². The smallest absolute Gasteiger partial charge is 0.416 e. The molecule has 2 heterocycles. The monoisotopic (exact) mass is 545 g/mol. The number of halogens is 6. The van der Waals surface area contributed by atoms with E-state index in [4.69, 9.17) is 4.74 Å². The van der Waals surface area contributed by atoms with Crippen LogP contribution in [0.25, 0.3) is 5.70 Å². The molecule has 0 saturated carbocycles. The number of hydrogen-bond donors (Lipinski definition) is 3. The van der Waals surface area contributed by atoms with E-state index in [1.54, 1.807) is 18.2 Å². The summed E-state index contributed by atoms with van der Waals surface area (Å²) >= 11 is 1.35. The molecule has 0 radical (unpaired) electrons. The summed E-state index contributed by atoms with van der Waals surface area (Å²) in [5.41, 5.74) is -1.45. The molecule has 2 aromatic carbocycles. The van der Waals surface area contributed by atoms with Crippen molar-refractivity contribution in [3.63, 3.8) is 0 Å². The second kappa shape index (κ2) is 10.6. The van der Waals surface area contributed by atoms with Crippen LogP contribution in [-0.4, -0.2) is 30.9 Å². The third-order valence-electron chi connectivity index (χ3n) is 6.28. The van der Waals surface area contributed by atoms with E-state index >= 15 is 0 Å². The van der Waals surface area contributed by atoms with Gasteiger partial charge in [0.15, 0.2) is 11.3 Å². The van der Waals surface area contributed by atoms with Crippen LogP contribution in [0.15, 0.2) is 60.0 Å². The number of hydrogen-bond acceptors (Lipinski definition) is 5. The Morgan fingerprint density at radius 3 is 2.30 bits per heavy atom. The fraction of sp³-hybridized carbons (Fsp3) is 0.360. The number of ether oxygens (including phenoxy) is 1. The molecule has 5 nitrogen and oxygen atoms in total. The number of thioether (sulfide) groups is 1. The lowest BCUT2D eigenvalue weighted by atomic mass is 9.93. The maximum absolute atomic E-state index is 14.1. The third-order valence-corrected chi connectivity index (χ3v) is 6.97. The molecule has 0 aliphatic carbocycles. The summed E-state index contributed by atoms with van der Waals surface area (Å²) in [4.78, 5) is 0. The highest BCUT2D eigenvalue weighted by atomic mass is 32.2. The molecule has 2 aromatic rings. The Bertz CT molecular complexity index is 1180. The summed E-state index contributed by atoms with van der Waals surface area (Å²) in [5.74, 6) is 0.305. The molecule has 0 spiro atoms. The SMILES string of the molecule is CSC1/C=C(/c2ccccc2C)[NH+]([O-])C(Cc2cc(C(F)(F)F)cc(C(F)(F)F)c2)C2=C(NCNC2)O1. The van der Waals surface area contributed by atoms with E-state index < -0.39 is 40.0 Å². The summed E-state index contributed by atoms with van der Waals surface area (Å²) in [6.45, 7) is 2.34. The van der Waals surface area contributed by atoms with Crippen LogP contribution in [0, 0.1) is 12.1 Å². The maximum atomic E-state index is 14.1. The topological polar surface area (TPSA) is 60.8 Å². The number of rotatable bonds is 4. The maximum Gasteiger partial charge on any atom is 0.416 e. The fourth-order valence-corrected chi connectivity index (χ4v) is 4.91. The number of hydroxylamine groups is 2. The fourth-order valence-electron chi connectivity index (χ4n) is 4.45. The van der Waals surface area contributed by atoms with Crippen LogP contribution in [0.1, 0.15) is 27.8 Å². The first kappa shape index (κ1) is 27.4. The van der Waals surface area contributed by atoms with Gasteiger partial charge >= 0.3 is 12.4 Å². The molecular weight excluding hydrogens is 520 g/mol. The van der Waals surface area contributed by atoms with E-state index in [9.17, 15) is 31.5 Å². The molecular formula is C25H25F6N3O2S. The van der Waals surface area contributed by atoms with Crippen molar-refractivity contribution in [2.45, 2.75) is 37.2 Å². The Hall–Kier alpha value is -2.67. The van der Waals surface area contributed by atoms with Crippen LogP contribution in [0.4, 0.5) is 26.3 Å². The molecule has 3 unspecified atom stereocenters. The average molecular weight is 546 g/mol. The molecule has 2 aliphatic rings. The molecule has 12 heteroatoms. The van der Waals surface area contributed by atoms with Crippen LogP contribution in [0.2, 0.25) is 0 Å². The highest BCUT2D eigenvalue weighted by Gasteiger charge is 2.39. The predicted octanol–water partition coefficient (Wildman–Crippen LogP) is 4.45. The minimum Gasteiger partial charge on any atom is -0.628 e. The van der Waals surface area contributed by atoms with Crippen molar-refractivity contribution in [1.82, 2.24) is 10.6 Å². The van der Waals surface area contributed by atoms with Crippen molar-refractivity contribution < 1.29 is 36.1 Å². The normalized spacial score (nSPS) is 24.2. The highest BCUT2D eigenvalue weighted by molar-refractivity contribution is 7.99. The lowest BCUT2D eigenvalue weighted by Crippen LogP contribution is -3.09. The van der Waals surface area contributed by atoms with Crippen LogP contribution in [-0.2, 0) is 23.5 Å². The summed E-state index contributed by atoms with van der Waals surface area (Å²) in [6, 6.07) is 7.52. The van der Waals surface area contributed by atoms with Crippen molar-refractivity contribution in [2.75, 3.05) is 19.5 Å². The van der Waals surface area contributed by atoms with Crippen LogP contribution in [0.3, 0.4) is 0 Å². The lowest BCUT2D eigenvalue weighted by Gasteiger charge is -2.39. The van der Waals surface area contributed by atoms with E-state index in [0.717, 1.165) is 5.56 Å². The zero-order chi connectivity index (χ0) is 27.0. The largest absolute Gasteiger partial charge is 0.628 e. The zero-order valence-corrected chi connectivity index (χ0v) is 20.7. The number of nitrogens with one attached hydrogen (secondary N) is 3. The first-order valence-corrected chi connectivity index (χ1v) is 12.6. The quantitative estimate of drug-likeness (QED) is 0.392. The molecule has 3 N–H and O–H groups in total. The number of aryl methyl sites for hydroxylation is 1. The van der Waals surface area contributed by atoms with Gasteiger partial charge in [-0.1, -0.05) is 18.2 Å². The zero-order valence-electron chi connectivity index (χ0n) is 19.9. The van der Waals surface area contributed by atoms with Crippen molar-refractivity contribution >= 4 is 17.5 Å². The molecule has 2 aliphatic heterocycles. The Kier molecular flexibility index (Phi) is 7.84. The summed E-state index contributed by atoms with van der Waals surface area (Å²) in [5, 5.41) is 19.7. The van der Waals surface area contributed by atoms with E-state index in [1.165, 1.54) is 11.8 Å². The van der Waals surface area contributed by atoms with Gasteiger partial charge in [0, 0.05) is 24.6 Å². The van der Waals surface area contributed by atoms with Gasteiger partial charge in [-0.25, -0.2) is 0 Å². The van der Waals surface area contributed by atoms with E-state index in [1.807, 2.05) is 25.3 Å². The van der Waals surface area contributed by atoms with Gasteiger partial charge in [-0.15, -0.1) is 11.8 Å². The molecule has 0 fully saturated rings. The Balaban J connectivity index is 1.85.